The van der Waals surface area contributed by atoms with Gasteiger partial charge in [0.05, 0.1) is 21.1 Å². The summed E-state index contributed by atoms with van der Waals surface area (Å²) < 4.78 is 21.6. The summed E-state index contributed by atoms with van der Waals surface area (Å²) in [6.45, 7) is 0.0949. The number of amides is 2. The van der Waals surface area contributed by atoms with Crippen molar-refractivity contribution in [2.45, 2.75) is 13.2 Å². The largest absolute Gasteiger partial charge is 0.487 e. The molecule has 36 heavy (non-hydrogen) atoms. The van der Waals surface area contributed by atoms with Crippen molar-refractivity contribution in [3.05, 3.63) is 58.3 Å². The maximum atomic E-state index is 12.2. The van der Waals surface area contributed by atoms with Crippen LogP contribution in [0, 0.1) is 0 Å². The molecule has 0 aliphatic carbocycles. The van der Waals surface area contributed by atoms with Gasteiger partial charge in [0.2, 0.25) is 0 Å². The standard InChI is InChI=1S/C24H18N4O6S2/c29-19(25-22-26-20-13-5-1-3-7-15(13)32-9-17(20)35-22)11-31-12-34-24(30)28-23-27-21-14-6-2-4-8-16(14)33-10-18(21)36-23/h1-8H,9-12H2,(H,25,26,29)(H,27,28,30). The first-order valence-electron chi connectivity index (χ1n) is 10.9. The number of hydrogen-bond acceptors (Lipinski definition) is 10. The number of fused-ring (bicyclic) bond motifs is 6. The van der Waals surface area contributed by atoms with Crippen LogP contribution in [0.25, 0.3) is 22.5 Å². The zero-order valence-electron chi connectivity index (χ0n) is 18.6. The summed E-state index contributed by atoms with van der Waals surface area (Å²) in [5.74, 6) is 1.11. The zero-order chi connectivity index (χ0) is 24.5. The number of para-hydroxylation sites is 2. The van der Waals surface area contributed by atoms with Crippen molar-refractivity contribution in [3.63, 3.8) is 0 Å². The molecule has 182 valence electrons. The van der Waals surface area contributed by atoms with Gasteiger partial charge in [0, 0.05) is 11.1 Å². The highest BCUT2D eigenvalue weighted by Gasteiger charge is 2.24. The highest BCUT2D eigenvalue weighted by Crippen LogP contribution is 2.41. The number of carbonyl (C=O) groups excluding carboxylic acids is 2. The molecule has 4 heterocycles. The molecule has 10 nitrogen and oxygen atoms in total. The molecular formula is C24H18N4O6S2. The Bertz CT molecular complexity index is 1360. The highest BCUT2D eigenvalue weighted by molar-refractivity contribution is 7.16. The molecule has 4 aromatic rings. The second-order valence-electron chi connectivity index (χ2n) is 7.72. The number of anilines is 2. The minimum atomic E-state index is -0.734. The van der Waals surface area contributed by atoms with Gasteiger partial charge >= 0.3 is 6.09 Å². The maximum Gasteiger partial charge on any atom is 0.415 e. The molecule has 2 aromatic carbocycles. The number of carbonyl (C=O) groups is 2. The first-order valence-corrected chi connectivity index (χ1v) is 12.5. The lowest BCUT2D eigenvalue weighted by molar-refractivity contribution is -0.124. The van der Waals surface area contributed by atoms with E-state index in [0.717, 1.165) is 43.8 Å². The van der Waals surface area contributed by atoms with Gasteiger partial charge in [-0.1, -0.05) is 46.9 Å². The van der Waals surface area contributed by atoms with Crippen molar-refractivity contribution in [1.29, 1.82) is 0 Å². The third-order valence-electron chi connectivity index (χ3n) is 5.36. The van der Waals surface area contributed by atoms with E-state index in [-0.39, 0.29) is 6.61 Å². The summed E-state index contributed by atoms with van der Waals surface area (Å²) in [4.78, 5) is 35.2. The van der Waals surface area contributed by atoms with Gasteiger partial charge in [-0.05, 0) is 24.3 Å². The molecule has 0 saturated carbocycles. The van der Waals surface area contributed by atoms with Crippen LogP contribution in [0.2, 0.25) is 0 Å². The first kappa shape index (κ1) is 22.5. The topological polar surface area (TPSA) is 121 Å². The summed E-state index contributed by atoms with van der Waals surface area (Å²) in [5, 5.41) is 6.13. The average Bonchev–Trinajstić information content (AvgIpc) is 3.50. The van der Waals surface area contributed by atoms with Gasteiger partial charge in [-0.15, -0.1) is 0 Å². The molecule has 2 aliphatic rings. The van der Waals surface area contributed by atoms with Crippen LogP contribution in [-0.4, -0.2) is 35.4 Å². The van der Waals surface area contributed by atoms with Crippen LogP contribution in [0.1, 0.15) is 9.75 Å². The molecule has 2 aromatic heterocycles. The Kier molecular flexibility index (Phi) is 5.97. The van der Waals surface area contributed by atoms with Gasteiger partial charge in [-0.3, -0.25) is 15.4 Å². The minimum absolute atomic E-state index is 0.301. The van der Waals surface area contributed by atoms with E-state index in [1.54, 1.807) is 0 Å². The van der Waals surface area contributed by atoms with Crippen molar-refractivity contribution >= 4 is 44.9 Å². The predicted molar refractivity (Wildman–Crippen MR) is 133 cm³/mol. The van der Waals surface area contributed by atoms with Gasteiger partial charge < -0.3 is 18.9 Å². The summed E-state index contributed by atoms with van der Waals surface area (Å²) in [6.07, 6.45) is -0.734. The van der Waals surface area contributed by atoms with E-state index in [1.165, 1.54) is 22.7 Å². The third kappa shape index (κ3) is 4.49. The van der Waals surface area contributed by atoms with Crippen LogP contribution >= 0.6 is 22.7 Å². The Morgan fingerprint density at radius 1 is 0.833 bits per heavy atom. The molecule has 0 bridgehead atoms. The number of nitrogens with one attached hydrogen (secondary N) is 2. The summed E-state index contributed by atoms with van der Waals surface area (Å²) in [6, 6.07) is 15.2. The Morgan fingerprint density at radius 3 is 2.00 bits per heavy atom. The SMILES string of the molecule is O=C(COCOC(=O)Nc1nc2c(s1)COc1ccccc1-2)Nc1nc2c(s1)COc1ccccc1-2. The second-order valence-corrected chi connectivity index (χ2v) is 9.89. The number of benzene rings is 2. The van der Waals surface area contributed by atoms with Crippen LogP contribution in [0.3, 0.4) is 0 Å². The van der Waals surface area contributed by atoms with Crippen molar-refractivity contribution in [2.24, 2.45) is 0 Å². The lowest BCUT2D eigenvalue weighted by atomic mass is 10.1. The zero-order valence-corrected chi connectivity index (χ0v) is 20.2. The molecule has 6 rings (SSSR count). The number of thiazole rings is 2. The molecule has 0 saturated heterocycles. The van der Waals surface area contributed by atoms with E-state index < -0.39 is 18.8 Å². The highest BCUT2D eigenvalue weighted by atomic mass is 32.1. The van der Waals surface area contributed by atoms with E-state index in [0.29, 0.717) is 23.5 Å². The normalized spacial score (nSPS) is 12.7. The molecule has 2 aliphatic heterocycles. The van der Waals surface area contributed by atoms with Gasteiger partial charge in [0.1, 0.15) is 31.3 Å². The molecule has 0 radical (unpaired) electrons. The number of rotatable bonds is 6. The van der Waals surface area contributed by atoms with Crippen molar-refractivity contribution < 1.29 is 28.5 Å². The van der Waals surface area contributed by atoms with Crippen LogP contribution in [0.5, 0.6) is 11.5 Å². The quantitative estimate of drug-likeness (QED) is 0.272. The predicted octanol–water partition coefficient (Wildman–Crippen LogP) is 4.88. The minimum Gasteiger partial charge on any atom is -0.487 e. The monoisotopic (exact) mass is 522 g/mol. The van der Waals surface area contributed by atoms with Crippen molar-refractivity contribution in [3.8, 4) is 34.0 Å². The second kappa shape index (κ2) is 9.57. The number of aromatic nitrogens is 2. The van der Waals surface area contributed by atoms with E-state index in [1.807, 2.05) is 48.5 Å². The Balaban J connectivity index is 0.972. The molecule has 0 spiro atoms. The third-order valence-corrected chi connectivity index (χ3v) is 7.25. The van der Waals surface area contributed by atoms with Crippen molar-refractivity contribution in [2.75, 3.05) is 24.0 Å². The van der Waals surface area contributed by atoms with Gasteiger partial charge in [0.25, 0.3) is 5.91 Å². The fourth-order valence-corrected chi connectivity index (χ4v) is 5.58. The maximum absolute atomic E-state index is 12.2. The summed E-state index contributed by atoms with van der Waals surface area (Å²) in [5.41, 5.74) is 3.36. The Morgan fingerprint density at radius 2 is 1.39 bits per heavy atom. The van der Waals surface area contributed by atoms with E-state index in [9.17, 15) is 9.59 Å². The van der Waals surface area contributed by atoms with Crippen LogP contribution in [0.4, 0.5) is 15.1 Å². The van der Waals surface area contributed by atoms with E-state index in [4.69, 9.17) is 18.9 Å². The van der Waals surface area contributed by atoms with Gasteiger partial charge in [-0.2, -0.15) is 0 Å². The summed E-state index contributed by atoms with van der Waals surface area (Å²) >= 11 is 2.66. The number of nitrogens with zero attached hydrogens (tertiary/aromatic N) is 2. The fraction of sp³-hybridized carbons (Fsp3) is 0.167. The Labute approximate surface area is 212 Å². The fourth-order valence-electron chi connectivity index (χ4n) is 3.80. The van der Waals surface area contributed by atoms with Gasteiger partial charge in [0.15, 0.2) is 17.1 Å². The number of ether oxygens (including phenoxy) is 4. The molecule has 0 atom stereocenters. The lowest BCUT2D eigenvalue weighted by Crippen LogP contribution is -2.21. The van der Waals surface area contributed by atoms with Crippen LogP contribution in [-0.2, 0) is 27.5 Å². The lowest BCUT2D eigenvalue weighted by Gasteiger charge is -2.15. The molecular weight excluding hydrogens is 504 g/mol. The van der Waals surface area contributed by atoms with Crippen LogP contribution in [0.15, 0.2) is 48.5 Å². The molecule has 0 unspecified atom stereocenters. The smallest absolute Gasteiger partial charge is 0.415 e. The molecule has 2 N–H and O–H groups in total. The van der Waals surface area contributed by atoms with E-state index >= 15 is 0 Å². The van der Waals surface area contributed by atoms with E-state index in [2.05, 4.69) is 20.6 Å². The van der Waals surface area contributed by atoms with Crippen molar-refractivity contribution in [1.82, 2.24) is 9.97 Å². The average molecular weight is 523 g/mol. The number of hydrogen-bond donors (Lipinski definition) is 2. The summed E-state index contributed by atoms with van der Waals surface area (Å²) in [7, 11) is 0. The Hall–Kier alpha value is -4.00. The van der Waals surface area contributed by atoms with Crippen LogP contribution < -0.4 is 20.1 Å². The molecule has 2 amide bonds. The van der Waals surface area contributed by atoms with Gasteiger partial charge in [-0.25, -0.2) is 14.8 Å². The molecule has 0 fully saturated rings. The molecule has 12 heteroatoms. The first-order chi connectivity index (χ1) is 17.6.